The van der Waals surface area contributed by atoms with E-state index >= 15 is 0 Å². The summed E-state index contributed by atoms with van der Waals surface area (Å²) in [7, 11) is 0. The summed E-state index contributed by atoms with van der Waals surface area (Å²) in [4.78, 5) is 42.2. The summed E-state index contributed by atoms with van der Waals surface area (Å²) in [5, 5.41) is 0.571. The van der Waals surface area contributed by atoms with Gasteiger partial charge < -0.3 is 14.5 Å². The van der Waals surface area contributed by atoms with Gasteiger partial charge in [0.1, 0.15) is 25.5 Å². The molecule has 158 valence electrons. The van der Waals surface area contributed by atoms with Gasteiger partial charge in [0, 0.05) is 16.8 Å². The third-order valence-corrected chi connectivity index (χ3v) is 5.04. The molecule has 1 saturated heterocycles. The van der Waals surface area contributed by atoms with Gasteiger partial charge >= 0.3 is 0 Å². The predicted octanol–water partition coefficient (Wildman–Crippen LogP) is 2.79. The van der Waals surface area contributed by atoms with Crippen LogP contribution < -0.4 is 9.64 Å². The quantitative estimate of drug-likeness (QED) is 0.678. The molecule has 0 atom stereocenters. The van der Waals surface area contributed by atoms with Crippen LogP contribution in [0.4, 0.5) is 5.69 Å². The summed E-state index contributed by atoms with van der Waals surface area (Å²) in [6.45, 7) is 3.51. The number of para-hydroxylation sites is 1. The smallest absolute Gasteiger partial charge is 0.261 e. The zero-order valence-corrected chi connectivity index (χ0v) is 17.7. The first kappa shape index (κ1) is 21.6. The molecule has 3 amide bonds. The molecule has 0 radical (unpaired) electrons. The third kappa shape index (κ3) is 5.30. The highest BCUT2D eigenvalue weighted by molar-refractivity contribution is 6.30. The Morgan fingerprint density at radius 1 is 1.10 bits per heavy atom. The number of ether oxygens (including phenoxy) is 1. The molecule has 0 N–H and O–H groups in total. The van der Waals surface area contributed by atoms with Crippen LogP contribution in [0.1, 0.15) is 13.8 Å². The first-order chi connectivity index (χ1) is 14.3. The Labute approximate surface area is 180 Å². The first-order valence-corrected chi connectivity index (χ1v) is 10.0. The molecule has 1 aliphatic heterocycles. The van der Waals surface area contributed by atoms with Crippen molar-refractivity contribution in [2.75, 3.05) is 31.3 Å². The number of halogens is 1. The van der Waals surface area contributed by atoms with Gasteiger partial charge in [0.2, 0.25) is 11.8 Å². The average Bonchev–Trinajstić information content (AvgIpc) is 3.13. The van der Waals surface area contributed by atoms with Crippen LogP contribution in [0.25, 0.3) is 0 Å². The van der Waals surface area contributed by atoms with Crippen LogP contribution in [0.3, 0.4) is 0 Å². The second-order valence-corrected chi connectivity index (χ2v) is 7.68. The Bertz CT molecular complexity index is 902. The van der Waals surface area contributed by atoms with Crippen LogP contribution >= 0.6 is 11.6 Å². The summed E-state index contributed by atoms with van der Waals surface area (Å²) in [6, 6.07) is 15.7. The highest BCUT2D eigenvalue weighted by Gasteiger charge is 2.33. The van der Waals surface area contributed by atoms with Gasteiger partial charge in [-0.2, -0.15) is 0 Å². The maximum atomic E-state index is 12.8. The largest absolute Gasteiger partial charge is 0.484 e. The van der Waals surface area contributed by atoms with Gasteiger partial charge in [-0.25, -0.2) is 0 Å². The zero-order chi connectivity index (χ0) is 21.7. The number of amides is 3. The summed E-state index contributed by atoms with van der Waals surface area (Å²) in [5.74, 6) is -0.172. The van der Waals surface area contributed by atoms with E-state index in [0.29, 0.717) is 16.5 Å². The number of hydrogen-bond acceptors (Lipinski definition) is 4. The lowest BCUT2D eigenvalue weighted by Gasteiger charge is -2.28. The van der Waals surface area contributed by atoms with Crippen molar-refractivity contribution in [1.82, 2.24) is 9.80 Å². The third-order valence-electron chi connectivity index (χ3n) is 4.79. The highest BCUT2D eigenvalue weighted by atomic mass is 35.5. The van der Waals surface area contributed by atoms with E-state index in [1.807, 2.05) is 32.0 Å². The van der Waals surface area contributed by atoms with E-state index in [0.717, 1.165) is 0 Å². The SMILES string of the molecule is CC(C)N(CC(=O)N1CC(=O)N(c2ccc(Cl)cc2)C1)C(=O)COc1ccccc1. The molecule has 3 rings (SSSR count). The molecule has 0 spiro atoms. The van der Waals surface area contributed by atoms with E-state index in [2.05, 4.69) is 0 Å². The van der Waals surface area contributed by atoms with Crippen molar-refractivity contribution in [3.63, 3.8) is 0 Å². The summed E-state index contributed by atoms with van der Waals surface area (Å²) >= 11 is 5.90. The molecule has 2 aromatic rings. The number of nitrogens with zero attached hydrogens (tertiary/aromatic N) is 3. The Balaban J connectivity index is 1.60. The first-order valence-electron chi connectivity index (χ1n) is 9.66. The summed E-state index contributed by atoms with van der Waals surface area (Å²) in [6.07, 6.45) is 0. The molecule has 0 saturated carbocycles. The Hall–Kier alpha value is -3.06. The molecule has 1 heterocycles. The molecule has 0 aliphatic carbocycles. The van der Waals surface area contributed by atoms with Gasteiger partial charge in [-0.05, 0) is 50.2 Å². The van der Waals surface area contributed by atoms with Gasteiger partial charge in [0.15, 0.2) is 6.61 Å². The van der Waals surface area contributed by atoms with Crippen LogP contribution in [0.2, 0.25) is 5.02 Å². The molecular formula is C22H24ClN3O4. The van der Waals surface area contributed by atoms with Crippen molar-refractivity contribution < 1.29 is 19.1 Å². The molecular weight excluding hydrogens is 406 g/mol. The Morgan fingerprint density at radius 3 is 2.40 bits per heavy atom. The van der Waals surface area contributed by atoms with E-state index < -0.39 is 0 Å². The van der Waals surface area contributed by atoms with Crippen LogP contribution in [0.5, 0.6) is 5.75 Å². The van der Waals surface area contributed by atoms with E-state index in [1.165, 1.54) is 14.7 Å². The van der Waals surface area contributed by atoms with E-state index in [9.17, 15) is 14.4 Å². The molecule has 0 aromatic heterocycles. The maximum absolute atomic E-state index is 12.8. The molecule has 0 bridgehead atoms. The van der Waals surface area contributed by atoms with Crippen molar-refractivity contribution in [3.8, 4) is 5.75 Å². The minimum atomic E-state index is -0.290. The Kier molecular flexibility index (Phi) is 6.95. The van der Waals surface area contributed by atoms with E-state index in [-0.39, 0.29) is 50.1 Å². The van der Waals surface area contributed by atoms with Crippen molar-refractivity contribution >= 4 is 35.0 Å². The minimum absolute atomic E-state index is 0.0257. The van der Waals surface area contributed by atoms with E-state index in [4.69, 9.17) is 16.3 Å². The molecule has 30 heavy (non-hydrogen) atoms. The average molecular weight is 430 g/mol. The van der Waals surface area contributed by atoms with Gasteiger partial charge in [0.05, 0.1) is 0 Å². The Morgan fingerprint density at radius 2 is 1.77 bits per heavy atom. The molecule has 1 fully saturated rings. The van der Waals surface area contributed by atoms with E-state index in [1.54, 1.807) is 36.4 Å². The van der Waals surface area contributed by atoms with Gasteiger partial charge in [-0.1, -0.05) is 29.8 Å². The monoisotopic (exact) mass is 429 g/mol. The minimum Gasteiger partial charge on any atom is -0.484 e. The molecule has 7 nitrogen and oxygen atoms in total. The molecule has 8 heteroatoms. The fraction of sp³-hybridized carbons (Fsp3) is 0.318. The fourth-order valence-corrected chi connectivity index (χ4v) is 3.24. The summed E-state index contributed by atoms with van der Waals surface area (Å²) in [5.41, 5.74) is 0.674. The second-order valence-electron chi connectivity index (χ2n) is 7.25. The van der Waals surface area contributed by atoms with Crippen molar-refractivity contribution in [2.24, 2.45) is 0 Å². The second kappa shape index (κ2) is 9.63. The van der Waals surface area contributed by atoms with Gasteiger partial charge in [-0.3, -0.25) is 19.3 Å². The van der Waals surface area contributed by atoms with Crippen LogP contribution in [-0.2, 0) is 14.4 Å². The van der Waals surface area contributed by atoms with Crippen molar-refractivity contribution in [1.29, 1.82) is 0 Å². The number of anilines is 1. The number of carbonyl (C=O) groups excluding carboxylic acids is 3. The van der Waals surface area contributed by atoms with Crippen molar-refractivity contribution in [2.45, 2.75) is 19.9 Å². The normalized spacial score (nSPS) is 13.7. The standard InChI is InChI=1S/C22H24ClN3O4/c1-16(2)25(22(29)14-30-19-6-4-3-5-7-19)13-20(27)24-12-21(28)26(15-24)18-10-8-17(23)9-11-18/h3-11,16H,12-15H2,1-2H3. The van der Waals surface area contributed by atoms with Gasteiger partial charge in [-0.15, -0.1) is 0 Å². The maximum Gasteiger partial charge on any atom is 0.261 e. The lowest BCUT2D eigenvalue weighted by molar-refractivity contribution is -0.143. The fourth-order valence-electron chi connectivity index (χ4n) is 3.11. The highest BCUT2D eigenvalue weighted by Crippen LogP contribution is 2.22. The lowest BCUT2D eigenvalue weighted by Crippen LogP contribution is -2.47. The number of benzene rings is 2. The van der Waals surface area contributed by atoms with Crippen LogP contribution in [-0.4, -0.2) is 59.9 Å². The van der Waals surface area contributed by atoms with Gasteiger partial charge in [0.25, 0.3) is 5.91 Å². The lowest BCUT2D eigenvalue weighted by atomic mass is 10.3. The summed E-state index contributed by atoms with van der Waals surface area (Å²) < 4.78 is 5.52. The predicted molar refractivity (Wildman–Crippen MR) is 114 cm³/mol. The topological polar surface area (TPSA) is 70.2 Å². The zero-order valence-electron chi connectivity index (χ0n) is 17.0. The molecule has 0 unspecified atom stereocenters. The van der Waals surface area contributed by atoms with Crippen LogP contribution in [0, 0.1) is 0 Å². The van der Waals surface area contributed by atoms with Crippen LogP contribution in [0.15, 0.2) is 54.6 Å². The number of hydrogen-bond donors (Lipinski definition) is 0. The number of carbonyl (C=O) groups is 3. The number of rotatable bonds is 7. The molecule has 2 aromatic carbocycles. The van der Waals surface area contributed by atoms with Crippen molar-refractivity contribution in [3.05, 3.63) is 59.6 Å². The molecule has 1 aliphatic rings.